The molecule has 0 aromatic heterocycles. The predicted molar refractivity (Wildman–Crippen MR) is 44.4 cm³/mol. The van der Waals surface area contributed by atoms with Gasteiger partial charge in [0.25, 0.3) is 0 Å². The fourth-order valence-electron chi connectivity index (χ4n) is 0.966. The van der Waals surface area contributed by atoms with Gasteiger partial charge in [-0.25, -0.2) is 9.18 Å². The van der Waals surface area contributed by atoms with E-state index in [2.05, 4.69) is 4.74 Å². The van der Waals surface area contributed by atoms with Gasteiger partial charge in [0.1, 0.15) is 11.4 Å². The number of halogens is 2. The van der Waals surface area contributed by atoms with Gasteiger partial charge in [0.15, 0.2) is 0 Å². The van der Waals surface area contributed by atoms with Crippen molar-refractivity contribution in [1.82, 2.24) is 0 Å². The first kappa shape index (κ1) is 11.0. The normalized spacial score (nSPS) is 9.80. The monoisotopic (exact) mass is 217 g/mol. The topological polar surface area (TPSA) is 69.4 Å². The number of methoxy groups -OCH3 is 1. The Morgan fingerprint density at radius 1 is 1.47 bits per heavy atom. The lowest BCUT2D eigenvalue weighted by molar-refractivity contribution is -0.387. The fourth-order valence-corrected chi connectivity index (χ4v) is 0.966. The van der Waals surface area contributed by atoms with Crippen LogP contribution in [0.2, 0.25) is 0 Å². The minimum atomic E-state index is -1.41. The highest BCUT2D eigenvalue weighted by molar-refractivity contribution is 5.90. The second-order valence-corrected chi connectivity index (χ2v) is 2.54. The Labute approximate surface area is 82.4 Å². The average Bonchev–Trinajstić information content (AvgIpc) is 2.19. The lowest BCUT2D eigenvalue weighted by atomic mass is 10.2. The van der Waals surface area contributed by atoms with E-state index < -0.39 is 33.8 Å². The van der Waals surface area contributed by atoms with E-state index in [1.165, 1.54) is 0 Å². The minimum Gasteiger partial charge on any atom is -0.465 e. The van der Waals surface area contributed by atoms with Crippen molar-refractivity contribution in [3.63, 3.8) is 0 Å². The van der Waals surface area contributed by atoms with E-state index >= 15 is 0 Å². The minimum absolute atomic E-state index is 0.391. The average molecular weight is 217 g/mol. The molecule has 0 saturated heterocycles. The van der Waals surface area contributed by atoms with Crippen LogP contribution in [0.25, 0.3) is 0 Å². The van der Waals surface area contributed by atoms with E-state index in [0.717, 1.165) is 7.11 Å². The highest BCUT2D eigenvalue weighted by Crippen LogP contribution is 2.22. The SMILES string of the molecule is COC(=O)c1cc(F)cc([N+](=O)[O-])c1F. The molecular formula is C8H5F2NO4. The number of carbonyl (C=O) groups excluding carboxylic acids is 1. The third kappa shape index (κ3) is 2.06. The second-order valence-electron chi connectivity index (χ2n) is 2.54. The Morgan fingerprint density at radius 2 is 2.07 bits per heavy atom. The first-order valence-electron chi connectivity index (χ1n) is 3.69. The number of esters is 1. The predicted octanol–water partition coefficient (Wildman–Crippen LogP) is 1.66. The highest BCUT2D eigenvalue weighted by Gasteiger charge is 2.24. The molecule has 15 heavy (non-hydrogen) atoms. The summed E-state index contributed by atoms with van der Waals surface area (Å²) in [6, 6.07) is 0.927. The van der Waals surface area contributed by atoms with Crippen LogP contribution in [0.5, 0.6) is 0 Å². The summed E-state index contributed by atoms with van der Waals surface area (Å²) in [4.78, 5) is 20.1. The summed E-state index contributed by atoms with van der Waals surface area (Å²) in [5, 5.41) is 10.3. The number of nitro benzene ring substituents is 1. The van der Waals surface area contributed by atoms with Crippen LogP contribution in [0.4, 0.5) is 14.5 Å². The van der Waals surface area contributed by atoms with Crippen molar-refractivity contribution in [2.75, 3.05) is 7.11 Å². The maximum absolute atomic E-state index is 13.2. The van der Waals surface area contributed by atoms with Crippen molar-refractivity contribution in [1.29, 1.82) is 0 Å². The molecule has 1 aromatic carbocycles. The molecule has 0 bridgehead atoms. The van der Waals surface area contributed by atoms with E-state index in [-0.39, 0.29) is 0 Å². The lowest BCUT2D eigenvalue weighted by Crippen LogP contribution is -2.07. The molecule has 5 nitrogen and oxygen atoms in total. The van der Waals surface area contributed by atoms with Crippen molar-refractivity contribution >= 4 is 11.7 Å². The van der Waals surface area contributed by atoms with Gasteiger partial charge in [-0.2, -0.15) is 4.39 Å². The molecule has 0 aliphatic rings. The van der Waals surface area contributed by atoms with Gasteiger partial charge in [0.2, 0.25) is 5.82 Å². The van der Waals surface area contributed by atoms with Gasteiger partial charge >= 0.3 is 11.7 Å². The molecule has 0 saturated carbocycles. The van der Waals surface area contributed by atoms with Crippen LogP contribution in [0.1, 0.15) is 10.4 Å². The number of ether oxygens (including phenoxy) is 1. The van der Waals surface area contributed by atoms with Gasteiger partial charge in [-0.1, -0.05) is 0 Å². The second kappa shape index (κ2) is 3.99. The molecule has 1 rings (SSSR count). The summed E-state index contributed by atoms with van der Waals surface area (Å²) in [6.07, 6.45) is 0. The number of benzene rings is 1. The van der Waals surface area contributed by atoms with Crippen LogP contribution in [-0.4, -0.2) is 18.0 Å². The molecule has 0 atom stereocenters. The summed E-state index contributed by atoms with van der Waals surface area (Å²) in [5.74, 6) is -3.66. The van der Waals surface area contributed by atoms with E-state index in [0.29, 0.717) is 12.1 Å². The highest BCUT2D eigenvalue weighted by atomic mass is 19.1. The molecule has 0 aliphatic carbocycles. The van der Waals surface area contributed by atoms with Crippen molar-refractivity contribution < 1.29 is 23.2 Å². The van der Waals surface area contributed by atoms with Crippen LogP contribution in [0, 0.1) is 21.7 Å². The van der Waals surface area contributed by atoms with Crippen molar-refractivity contribution in [3.8, 4) is 0 Å². The third-order valence-electron chi connectivity index (χ3n) is 1.62. The summed E-state index contributed by atoms with van der Waals surface area (Å²) in [6.45, 7) is 0. The van der Waals surface area contributed by atoms with Crippen LogP contribution >= 0.6 is 0 Å². The molecule has 0 spiro atoms. The largest absolute Gasteiger partial charge is 0.465 e. The summed E-state index contributed by atoms with van der Waals surface area (Å²) in [5.41, 5.74) is -1.90. The number of rotatable bonds is 2. The van der Waals surface area contributed by atoms with Gasteiger partial charge in [0, 0.05) is 0 Å². The maximum atomic E-state index is 13.2. The Morgan fingerprint density at radius 3 is 2.53 bits per heavy atom. The van der Waals surface area contributed by atoms with Crippen LogP contribution in [0.3, 0.4) is 0 Å². The summed E-state index contributed by atoms with van der Waals surface area (Å²) < 4.78 is 30.2. The Kier molecular flexibility index (Phi) is 2.93. The number of carbonyl (C=O) groups is 1. The molecule has 1 aromatic rings. The lowest BCUT2D eigenvalue weighted by Gasteiger charge is -2.01. The molecular weight excluding hydrogens is 212 g/mol. The molecule has 0 N–H and O–H groups in total. The van der Waals surface area contributed by atoms with E-state index in [1.54, 1.807) is 0 Å². The van der Waals surface area contributed by atoms with Gasteiger partial charge < -0.3 is 4.74 Å². The maximum Gasteiger partial charge on any atom is 0.341 e. The van der Waals surface area contributed by atoms with Crippen LogP contribution in [0.15, 0.2) is 12.1 Å². The van der Waals surface area contributed by atoms with E-state index in [9.17, 15) is 23.7 Å². The molecule has 0 unspecified atom stereocenters. The van der Waals surface area contributed by atoms with E-state index in [1.807, 2.05) is 0 Å². The Balaban J connectivity index is 3.41. The number of hydrogen-bond donors (Lipinski definition) is 0. The van der Waals surface area contributed by atoms with Crippen LogP contribution in [-0.2, 0) is 4.74 Å². The van der Waals surface area contributed by atoms with Crippen molar-refractivity contribution in [3.05, 3.63) is 39.4 Å². The zero-order valence-electron chi connectivity index (χ0n) is 7.49. The molecule has 0 heterocycles. The number of nitro groups is 1. The number of nitrogens with zero attached hydrogens (tertiary/aromatic N) is 1. The molecule has 0 aliphatic heterocycles. The Hall–Kier alpha value is -2.05. The molecule has 80 valence electrons. The van der Waals surface area contributed by atoms with Crippen LogP contribution < -0.4 is 0 Å². The fraction of sp³-hybridized carbons (Fsp3) is 0.125. The standard InChI is InChI=1S/C8H5F2NO4/c1-15-8(12)5-2-4(9)3-6(7(5)10)11(13)14/h2-3H,1H3. The molecule has 0 radical (unpaired) electrons. The zero-order chi connectivity index (χ0) is 11.6. The quantitative estimate of drug-likeness (QED) is 0.429. The van der Waals surface area contributed by atoms with Gasteiger partial charge in [-0.3, -0.25) is 10.1 Å². The number of hydrogen-bond acceptors (Lipinski definition) is 4. The molecule has 7 heteroatoms. The third-order valence-corrected chi connectivity index (χ3v) is 1.62. The van der Waals surface area contributed by atoms with Crippen molar-refractivity contribution in [2.24, 2.45) is 0 Å². The van der Waals surface area contributed by atoms with Crippen molar-refractivity contribution in [2.45, 2.75) is 0 Å². The summed E-state index contributed by atoms with van der Waals surface area (Å²) >= 11 is 0. The molecule has 0 fully saturated rings. The Bertz CT molecular complexity index is 433. The summed E-state index contributed by atoms with van der Waals surface area (Å²) in [7, 11) is 0.957. The zero-order valence-corrected chi connectivity index (χ0v) is 7.49. The van der Waals surface area contributed by atoms with Gasteiger partial charge in [-0.15, -0.1) is 0 Å². The van der Waals surface area contributed by atoms with E-state index in [4.69, 9.17) is 0 Å². The smallest absolute Gasteiger partial charge is 0.341 e. The van der Waals surface area contributed by atoms with Gasteiger partial charge in [-0.05, 0) is 6.07 Å². The first-order valence-corrected chi connectivity index (χ1v) is 3.69. The first-order chi connectivity index (χ1) is 6.97. The van der Waals surface area contributed by atoms with Gasteiger partial charge in [0.05, 0.1) is 18.1 Å². The molecule has 0 amide bonds.